The Morgan fingerprint density at radius 1 is 1.27 bits per heavy atom. The van der Waals surface area contributed by atoms with Gasteiger partial charge in [-0.15, -0.1) is 0 Å². The van der Waals surface area contributed by atoms with Crippen molar-refractivity contribution >= 4 is 25.7 Å². The largest absolute Gasteiger partial charge is 0.465 e. The van der Waals surface area contributed by atoms with Crippen LogP contribution in [0.4, 0.5) is 0 Å². The lowest BCUT2D eigenvalue weighted by molar-refractivity contribution is -0.146. The third-order valence-corrected chi connectivity index (χ3v) is 9.44. The highest BCUT2D eigenvalue weighted by Gasteiger charge is 2.41. The van der Waals surface area contributed by atoms with E-state index in [0.717, 1.165) is 12.0 Å². The van der Waals surface area contributed by atoms with E-state index in [0.29, 0.717) is 17.7 Å². The van der Waals surface area contributed by atoms with E-state index in [1.807, 2.05) is 6.07 Å². The van der Waals surface area contributed by atoms with Crippen molar-refractivity contribution in [1.82, 2.24) is 4.72 Å². The molecule has 1 aromatic rings. The van der Waals surface area contributed by atoms with Gasteiger partial charge in [-0.2, -0.15) is 4.72 Å². The zero-order valence-electron chi connectivity index (χ0n) is 18.3. The molecule has 1 aromatic carbocycles. The molecule has 0 aromatic heterocycles. The maximum atomic E-state index is 13.5. The van der Waals surface area contributed by atoms with E-state index in [1.165, 1.54) is 7.05 Å². The average molecular weight is 457 g/mol. The van der Waals surface area contributed by atoms with Crippen LogP contribution in [0.25, 0.3) is 0 Å². The zero-order valence-corrected chi connectivity index (χ0v) is 19.9. The van der Waals surface area contributed by atoms with Crippen LogP contribution in [0.1, 0.15) is 47.0 Å². The number of ether oxygens (including phenoxy) is 1. The standard InChI is InChI=1S/C21H32N2O5S2/c1-6-28-20(24)19(23-30(26,27)21(2,3)4)18-14-10-11-16(18)15-29(25,22-5)17-12-8-7-9-13-17/h7-9,12-13,15,18-19,23H,6,10-11,14H2,1-5H3/b16-15+/t18-,19+,29?/m1/s1. The Balaban J connectivity index is 2.49. The predicted molar refractivity (Wildman–Crippen MR) is 119 cm³/mol. The van der Waals surface area contributed by atoms with Gasteiger partial charge in [0.05, 0.1) is 26.0 Å². The molecule has 0 radical (unpaired) electrons. The summed E-state index contributed by atoms with van der Waals surface area (Å²) in [6, 6.07) is 7.86. The summed E-state index contributed by atoms with van der Waals surface area (Å²) in [6.07, 6.45) is 1.98. The Morgan fingerprint density at radius 2 is 1.90 bits per heavy atom. The molecule has 3 atom stereocenters. The van der Waals surface area contributed by atoms with Crippen molar-refractivity contribution in [2.24, 2.45) is 10.3 Å². The van der Waals surface area contributed by atoms with Gasteiger partial charge in [0, 0.05) is 18.4 Å². The van der Waals surface area contributed by atoms with Gasteiger partial charge in [0.15, 0.2) is 0 Å². The first-order valence-corrected chi connectivity index (χ1v) is 13.1. The second-order valence-corrected chi connectivity index (χ2v) is 12.9. The highest BCUT2D eigenvalue weighted by Crippen LogP contribution is 2.36. The summed E-state index contributed by atoms with van der Waals surface area (Å²) < 4.78 is 49.9. The summed E-state index contributed by atoms with van der Waals surface area (Å²) in [6.45, 7) is 6.53. The summed E-state index contributed by atoms with van der Waals surface area (Å²) in [4.78, 5) is 13.3. The van der Waals surface area contributed by atoms with E-state index in [2.05, 4.69) is 9.08 Å². The highest BCUT2D eigenvalue weighted by atomic mass is 32.2. The van der Waals surface area contributed by atoms with Gasteiger partial charge in [0.25, 0.3) is 0 Å². The minimum absolute atomic E-state index is 0.142. The Kier molecular flexibility index (Phi) is 7.87. The first-order chi connectivity index (χ1) is 13.9. The molecule has 7 nitrogen and oxygen atoms in total. The van der Waals surface area contributed by atoms with Gasteiger partial charge in [-0.25, -0.2) is 17.0 Å². The Bertz CT molecular complexity index is 1000. The van der Waals surface area contributed by atoms with Gasteiger partial charge in [-0.1, -0.05) is 23.8 Å². The zero-order chi connectivity index (χ0) is 22.6. The number of nitrogens with zero attached hydrogens (tertiary/aromatic N) is 1. The lowest BCUT2D eigenvalue weighted by atomic mass is 9.95. The number of esters is 1. The molecule has 1 unspecified atom stereocenters. The fraction of sp³-hybridized carbons (Fsp3) is 0.571. The van der Waals surface area contributed by atoms with Gasteiger partial charge in [-0.05, 0) is 59.1 Å². The molecule has 0 heterocycles. The average Bonchev–Trinajstić information content (AvgIpc) is 3.13. The van der Waals surface area contributed by atoms with Gasteiger partial charge in [0.1, 0.15) is 6.04 Å². The fourth-order valence-corrected chi connectivity index (χ4v) is 5.99. The SMILES string of the molecule is CCOC(=O)[C@@H](NS(=O)(=O)C(C)(C)C)[C@@H]1CCC/C1=C\S(=O)(=NC)c1ccccc1. The fourth-order valence-electron chi connectivity index (χ4n) is 3.34. The van der Waals surface area contributed by atoms with E-state index in [9.17, 15) is 17.4 Å². The number of carbonyl (C=O) groups is 1. The van der Waals surface area contributed by atoms with E-state index < -0.39 is 42.4 Å². The van der Waals surface area contributed by atoms with Gasteiger partial charge in [0.2, 0.25) is 10.0 Å². The van der Waals surface area contributed by atoms with Crippen LogP contribution in [0.2, 0.25) is 0 Å². The van der Waals surface area contributed by atoms with Crippen LogP contribution in [-0.4, -0.2) is 43.0 Å². The van der Waals surface area contributed by atoms with Crippen LogP contribution >= 0.6 is 0 Å². The lowest BCUT2D eigenvalue weighted by Gasteiger charge is -2.28. The van der Waals surface area contributed by atoms with Crippen LogP contribution in [-0.2, 0) is 29.3 Å². The molecule has 1 N–H and O–H groups in total. The van der Waals surface area contributed by atoms with Crippen LogP contribution in [0.15, 0.2) is 50.6 Å². The molecular weight excluding hydrogens is 424 g/mol. The van der Waals surface area contributed by atoms with E-state index in [4.69, 9.17) is 4.74 Å². The van der Waals surface area contributed by atoms with Crippen LogP contribution in [0.3, 0.4) is 0 Å². The van der Waals surface area contributed by atoms with Gasteiger partial charge >= 0.3 is 5.97 Å². The number of nitrogens with one attached hydrogen (secondary N) is 1. The number of hydrogen-bond acceptors (Lipinski definition) is 6. The summed E-state index contributed by atoms with van der Waals surface area (Å²) in [5.74, 6) is -1.06. The van der Waals surface area contributed by atoms with Crippen LogP contribution in [0, 0.1) is 5.92 Å². The van der Waals surface area contributed by atoms with Crippen molar-refractivity contribution in [2.45, 2.75) is 62.6 Å². The van der Waals surface area contributed by atoms with Crippen molar-refractivity contribution in [1.29, 1.82) is 0 Å². The lowest BCUT2D eigenvalue weighted by Crippen LogP contribution is -2.51. The van der Waals surface area contributed by atoms with Crippen molar-refractivity contribution in [3.8, 4) is 0 Å². The Morgan fingerprint density at radius 3 is 2.43 bits per heavy atom. The molecule has 0 spiro atoms. The molecule has 0 aliphatic heterocycles. The molecule has 1 aliphatic rings. The van der Waals surface area contributed by atoms with Crippen LogP contribution in [0.5, 0.6) is 0 Å². The maximum absolute atomic E-state index is 13.5. The van der Waals surface area contributed by atoms with Crippen molar-refractivity contribution < 1.29 is 22.2 Å². The molecular formula is C21H32N2O5S2. The van der Waals surface area contributed by atoms with E-state index >= 15 is 0 Å². The highest BCUT2D eigenvalue weighted by molar-refractivity contribution is 7.96. The summed E-state index contributed by atoms with van der Waals surface area (Å²) in [7, 11) is -5.13. The monoisotopic (exact) mass is 456 g/mol. The first kappa shape index (κ1) is 24.6. The van der Waals surface area contributed by atoms with Crippen LogP contribution < -0.4 is 4.72 Å². The van der Waals surface area contributed by atoms with Crippen molar-refractivity contribution in [3.05, 3.63) is 41.3 Å². The molecule has 0 saturated heterocycles. The second-order valence-electron chi connectivity index (χ2n) is 8.22. The molecule has 0 bridgehead atoms. The Hall–Kier alpha value is -1.71. The molecule has 0 amide bonds. The topological polar surface area (TPSA) is 102 Å². The summed E-state index contributed by atoms with van der Waals surface area (Å²) in [5, 5.41) is 1.62. The van der Waals surface area contributed by atoms with Crippen molar-refractivity contribution in [2.75, 3.05) is 13.7 Å². The number of hydrogen-bond donors (Lipinski definition) is 1. The molecule has 1 saturated carbocycles. The number of carbonyl (C=O) groups excluding carboxylic acids is 1. The molecule has 2 rings (SSSR count). The first-order valence-electron chi connectivity index (χ1n) is 10.0. The third-order valence-electron chi connectivity index (χ3n) is 5.15. The minimum Gasteiger partial charge on any atom is -0.465 e. The molecule has 168 valence electrons. The number of rotatable bonds is 7. The molecule has 30 heavy (non-hydrogen) atoms. The summed E-state index contributed by atoms with van der Waals surface area (Å²) >= 11 is 0. The number of sulfonamides is 1. The maximum Gasteiger partial charge on any atom is 0.324 e. The number of benzene rings is 1. The molecule has 9 heteroatoms. The smallest absolute Gasteiger partial charge is 0.324 e. The normalized spacial score (nSPS) is 21.8. The molecule has 1 aliphatic carbocycles. The van der Waals surface area contributed by atoms with Gasteiger partial charge in [-0.3, -0.25) is 4.79 Å². The quantitative estimate of drug-likeness (QED) is 0.633. The van der Waals surface area contributed by atoms with E-state index in [-0.39, 0.29) is 6.61 Å². The molecule has 1 fully saturated rings. The van der Waals surface area contributed by atoms with Crippen molar-refractivity contribution in [3.63, 3.8) is 0 Å². The minimum atomic E-state index is -3.80. The second kappa shape index (κ2) is 9.62. The third kappa shape index (κ3) is 5.50. The van der Waals surface area contributed by atoms with E-state index in [1.54, 1.807) is 57.4 Å². The van der Waals surface area contributed by atoms with Gasteiger partial charge < -0.3 is 4.74 Å². The summed E-state index contributed by atoms with van der Waals surface area (Å²) in [5.41, 5.74) is 0.768. The Labute approximate surface area is 180 Å². The predicted octanol–water partition coefficient (Wildman–Crippen LogP) is 3.48.